The molecule has 1 fully saturated rings. The number of benzene rings is 1. The maximum Gasteiger partial charge on any atom is 0.0774 e. The molecule has 21 heavy (non-hydrogen) atoms. The second kappa shape index (κ2) is 7.39. The van der Waals surface area contributed by atoms with Crippen molar-refractivity contribution in [1.29, 1.82) is 0 Å². The lowest BCUT2D eigenvalue weighted by Crippen LogP contribution is -2.40. The van der Waals surface area contributed by atoms with E-state index in [9.17, 15) is 5.11 Å². The zero-order valence-electron chi connectivity index (χ0n) is 13.7. The van der Waals surface area contributed by atoms with Gasteiger partial charge in [-0.05, 0) is 58.0 Å². The Morgan fingerprint density at radius 1 is 1.29 bits per heavy atom. The van der Waals surface area contributed by atoms with Gasteiger partial charge in [0.1, 0.15) is 0 Å². The van der Waals surface area contributed by atoms with Crippen molar-refractivity contribution in [1.82, 2.24) is 10.2 Å². The molecule has 3 heteroatoms. The van der Waals surface area contributed by atoms with Gasteiger partial charge in [-0.3, -0.25) is 0 Å². The number of rotatable bonds is 7. The van der Waals surface area contributed by atoms with Crippen LogP contribution in [0.15, 0.2) is 24.3 Å². The molecule has 0 saturated heterocycles. The SMILES string of the molecule is CNC(CCN(C)CC1(O)CCCC1)c1ccccc1C. The lowest BCUT2D eigenvalue weighted by atomic mass is 9.98. The summed E-state index contributed by atoms with van der Waals surface area (Å²) in [4.78, 5) is 2.29. The monoisotopic (exact) mass is 290 g/mol. The van der Waals surface area contributed by atoms with E-state index in [1.165, 1.54) is 24.0 Å². The van der Waals surface area contributed by atoms with Crippen molar-refractivity contribution in [3.05, 3.63) is 35.4 Å². The summed E-state index contributed by atoms with van der Waals surface area (Å²) in [6.07, 6.45) is 5.34. The Labute approximate surface area is 129 Å². The molecule has 1 aromatic rings. The van der Waals surface area contributed by atoms with Gasteiger partial charge in [-0.25, -0.2) is 0 Å². The highest BCUT2D eigenvalue weighted by Gasteiger charge is 2.32. The van der Waals surface area contributed by atoms with Crippen LogP contribution in [0.2, 0.25) is 0 Å². The molecule has 2 N–H and O–H groups in total. The van der Waals surface area contributed by atoms with Gasteiger partial charge < -0.3 is 15.3 Å². The van der Waals surface area contributed by atoms with Crippen LogP contribution in [-0.2, 0) is 0 Å². The number of nitrogens with zero attached hydrogens (tertiary/aromatic N) is 1. The van der Waals surface area contributed by atoms with Gasteiger partial charge >= 0.3 is 0 Å². The third-order valence-electron chi connectivity index (χ3n) is 4.81. The van der Waals surface area contributed by atoms with Gasteiger partial charge in [0.25, 0.3) is 0 Å². The Bertz CT molecular complexity index is 441. The molecule has 118 valence electrons. The van der Waals surface area contributed by atoms with E-state index in [2.05, 4.69) is 48.5 Å². The van der Waals surface area contributed by atoms with Crippen LogP contribution >= 0.6 is 0 Å². The van der Waals surface area contributed by atoms with E-state index in [1.807, 2.05) is 7.05 Å². The normalized spacial score (nSPS) is 19.1. The van der Waals surface area contributed by atoms with Crippen LogP contribution in [0.5, 0.6) is 0 Å². The lowest BCUT2D eigenvalue weighted by Gasteiger charge is -2.30. The predicted octanol–water partition coefficient (Wildman–Crippen LogP) is 2.88. The highest BCUT2D eigenvalue weighted by Crippen LogP contribution is 2.30. The van der Waals surface area contributed by atoms with Crippen LogP contribution in [0.3, 0.4) is 0 Å². The molecule has 0 amide bonds. The minimum Gasteiger partial charge on any atom is -0.389 e. The molecular formula is C18H30N2O. The third kappa shape index (κ3) is 4.53. The number of likely N-dealkylation sites (N-methyl/N-ethyl adjacent to an activating group) is 1. The molecule has 1 aliphatic carbocycles. The van der Waals surface area contributed by atoms with E-state index in [-0.39, 0.29) is 0 Å². The Hall–Kier alpha value is -0.900. The smallest absolute Gasteiger partial charge is 0.0774 e. The standard InChI is InChI=1S/C18H30N2O/c1-15-8-4-5-9-16(15)17(19-2)10-13-20(3)14-18(21)11-6-7-12-18/h4-5,8-9,17,19,21H,6-7,10-14H2,1-3H3. The first-order chi connectivity index (χ1) is 10.0. The summed E-state index contributed by atoms with van der Waals surface area (Å²) in [7, 11) is 4.16. The van der Waals surface area contributed by atoms with Crippen molar-refractivity contribution in [3.8, 4) is 0 Å². The topological polar surface area (TPSA) is 35.5 Å². The maximum atomic E-state index is 10.5. The molecule has 0 aromatic heterocycles. The first-order valence-electron chi connectivity index (χ1n) is 8.18. The summed E-state index contributed by atoms with van der Waals surface area (Å²) in [6.45, 7) is 3.98. The van der Waals surface area contributed by atoms with Crippen molar-refractivity contribution in [2.45, 2.75) is 50.7 Å². The number of aryl methyl sites for hydroxylation is 1. The summed E-state index contributed by atoms with van der Waals surface area (Å²) in [5.41, 5.74) is 2.29. The highest BCUT2D eigenvalue weighted by atomic mass is 16.3. The summed E-state index contributed by atoms with van der Waals surface area (Å²) in [6, 6.07) is 8.96. The molecule has 0 aliphatic heterocycles. The van der Waals surface area contributed by atoms with E-state index in [1.54, 1.807) is 0 Å². The molecule has 1 atom stereocenters. The minimum absolute atomic E-state index is 0.381. The van der Waals surface area contributed by atoms with E-state index >= 15 is 0 Å². The fourth-order valence-electron chi connectivity index (χ4n) is 3.56. The molecule has 0 spiro atoms. The second-order valence-corrected chi connectivity index (χ2v) is 6.66. The van der Waals surface area contributed by atoms with E-state index in [0.29, 0.717) is 6.04 Å². The molecule has 0 heterocycles. The fourth-order valence-corrected chi connectivity index (χ4v) is 3.56. The quantitative estimate of drug-likeness (QED) is 0.810. The van der Waals surface area contributed by atoms with E-state index in [4.69, 9.17) is 0 Å². The van der Waals surface area contributed by atoms with Crippen LogP contribution in [0.25, 0.3) is 0 Å². The van der Waals surface area contributed by atoms with Crippen molar-refractivity contribution >= 4 is 0 Å². The Morgan fingerprint density at radius 2 is 1.95 bits per heavy atom. The molecule has 1 unspecified atom stereocenters. The molecule has 0 bridgehead atoms. The summed E-state index contributed by atoms with van der Waals surface area (Å²) < 4.78 is 0. The molecule has 1 aromatic carbocycles. The van der Waals surface area contributed by atoms with Gasteiger partial charge in [0.15, 0.2) is 0 Å². The highest BCUT2D eigenvalue weighted by molar-refractivity contribution is 5.28. The largest absolute Gasteiger partial charge is 0.389 e. The van der Waals surface area contributed by atoms with Crippen LogP contribution < -0.4 is 5.32 Å². The average Bonchev–Trinajstić information content (AvgIpc) is 2.87. The van der Waals surface area contributed by atoms with Crippen molar-refractivity contribution in [2.24, 2.45) is 0 Å². The van der Waals surface area contributed by atoms with Crippen LogP contribution in [0.4, 0.5) is 0 Å². The van der Waals surface area contributed by atoms with Crippen LogP contribution in [-0.4, -0.2) is 42.8 Å². The fraction of sp³-hybridized carbons (Fsp3) is 0.667. The number of hydrogen-bond donors (Lipinski definition) is 2. The number of aliphatic hydroxyl groups is 1. The minimum atomic E-state index is -0.438. The zero-order chi connectivity index (χ0) is 15.3. The Morgan fingerprint density at radius 3 is 2.57 bits per heavy atom. The first kappa shape index (κ1) is 16.5. The zero-order valence-corrected chi connectivity index (χ0v) is 13.7. The van der Waals surface area contributed by atoms with E-state index in [0.717, 1.165) is 32.4 Å². The molecule has 2 rings (SSSR count). The maximum absolute atomic E-state index is 10.5. The molecule has 0 radical (unpaired) electrons. The second-order valence-electron chi connectivity index (χ2n) is 6.66. The van der Waals surface area contributed by atoms with Gasteiger partial charge in [-0.15, -0.1) is 0 Å². The van der Waals surface area contributed by atoms with Crippen molar-refractivity contribution in [3.63, 3.8) is 0 Å². The molecular weight excluding hydrogens is 260 g/mol. The average molecular weight is 290 g/mol. The van der Waals surface area contributed by atoms with Gasteiger partial charge in [0.2, 0.25) is 0 Å². The van der Waals surface area contributed by atoms with Gasteiger partial charge in [0.05, 0.1) is 5.60 Å². The molecule has 1 aliphatic rings. The molecule has 1 saturated carbocycles. The first-order valence-corrected chi connectivity index (χ1v) is 8.18. The van der Waals surface area contributed by atoms with Gasteiger partial charge in [0, 0.05) is 12.6 Å². The van der Waals surface area contributed by atoms with Crippen LogP contribution in [0.1, 0.15) is 49.3 Å². The number of hydrogen-bond acceptors (Lipinski definition) is 3. The predicted molar refractivity (Wildman–Crippen MR) is 88.5 cm³/mol. The summed E-state index contributed by atoms with van der Waals surface area (Å²) in [5, 5.41) is 13.9. The lowest BCUT2D eigenvalue weighted by molar-refractivity contribution is 0.0156. The number of nitrogens with one attached hydrogen (secondary N) is 1. The van der Waals surface area contributed by atoms with E-state index < -0.39 is 5.60 Å². The molecule has 3 nitrogen and oxygen atoms in total. The Balaban J connectivity index is 1.87. The van der Waals surface area contributed by atoms with Gasteiger partial charge in [-0.1, -0.05) is 37.1 Å². The summed E-state index contributed by atoms with van der Waals surface area (Å²) in [5.74, 6) is 0. The van der Waals surface area contributed by atoms with Gasteiger partial charge in [-0.2, -0.15) is 0 Å². The Kier molecular flexibility index (Phi) is 5.80. The van der Waals surface area contributed by atoms with Crippen molar-refractivity contribution in [2.75, 3.05) is 27.2 Å². The van der Waals surface area contributed by atoms with Crippen molar-refractivity contribution < 1.29 is 5.11 Å². The summed E-state index contributed by atoms with van der Waals surface area (Å²) >= 11 is 0. The van der Waals surface area contributed by atoms with Crippen LogP contribution in [0, 0.1) is 6.92 Å². The third-order valence-corrected chi connectivity index (χ3v) is 4.81.